The van der Waals surface area contributed by atoms with E-state index in [1.54, 1.807) is 30.5 Å². The van der Waals surface area contributed by atoms with Gasteiger partial charge >= 0.3 is 0 Å². The highest BCUT2D eigenvalue weighted by Gasteiger charge is 2.35. The number of pyridine rings is 1. The first-order valence-electron chi connectivity index (χ1n) is 6.84. The molecule has 22 heavy (non-hydrogen) atoms. The van der Waals surface area contributed by atoms with E-state index in [1.165, 1.54) is 16.4 Å². The summed E-state index contributed by atoms with van der Waals surface area (Å²) in [7, 11) is -3.67. The topological polar surface area (TPSA) is 50.3 Å². The van der Waals surface area contributed by atoms with Crippen LogP contribution in [0.25, 0.3) is 5.57 Å². The van der Waals surface area contributed by atoms with Gasteiger partial charge in [0, 0.05) is 17.3 Å². The van der Waals surface area contributed by atoms with E-state index in [2.05, 4.69) is 11.6 Å². The van der Waals surface area contributed by atoms with Crippen molar-refractivity contribution in [2.24, 2.45) is 0 Å². The monoisotopic (exact) mass is 334 g/mol. The second-order valence-electron chi connectivity index (χ2n) is 5.28. The third kappa shape index (κ3) is 2.40. The zero-order chi connectivity index (χ0) is 15.9. The van der Waals surface area contributed by atoms with Gasteiger partial charge in [0.05, 0.1) is 16.3 Å². The van der Waals surface area contributed by atoms with Crippen molar-refractivity contribution >= 4 is 32.9 Å². The van der Waals surface area contributed by atoms with E-state index in [9.17, 15) is 8.42 Å². The predicted octanol–water partition coefficient (Wildman–Crippen LogP) is 3.74. The molecule has 1 aliphatic rings. The van der Waals surface area contributed by atoms with Gasteiger partial charge in [-0.25, -0.2) is 8.42 Å². The fourth-order valence-corrected chi connectivity index (χ4v) is 4.49. The molecule has 1 aromatic carbocycles. The number of halogens is 1. The molecule has 0 N–H and O–H groups in total. The van der Waals surface area contributed by atoms with E-state index in [4.69, 9.17) is 11.6 Å². The number of anilines is 1. The molecule has 0 bridgehead atoms. The average molecular weight is 335 g/mol. The standard InChI is InChI=1S/C16H15ClN2O2S/c1-11-10-12(2)19(15-4-3-9-18-16(11)15)22(20,21)14-7-5-13(17)6-8-14/h3-9,12H,1,10H2,2H3. The number of hydrogen-bond acceptors (Lipinski definition) is 3. The van der Waals surface area contributed by atoms with Crippen LogP contribution in [0, 0.1) is 0 Å². The van der Waals surface area contributed by atoms with E-state index in [0.717, 1.165) is 5.57 Å². The Hall–Kier alpha value is -1.85. The van der Waals surface area contributed by atoms with Crippen molar-refractivity contribution in [3.05, 3.63) is 59.9 Å². The number of benzene rings is 1. The van der Waals surface area contributed by atoms with Gasteiger partial charge in [-0.15, -0.1) is 0 Å². The Bertz CT molecular complexity index is 831. The molecule has 6 heteroatoms. The van der Waals surface area contributed by atoms with Gasteiger partial charge in [-0.2, -0.15) is 0 Å². The Morgan fingerprint density at radius 2 is 1.95 bits per heavy atom. The fourth-order valence-electron chi connectivity index (χ4n) is 2.71. The van der Waals surface area contributed by atoms with E-state index in [1.807, 2.05) is 6.92 Å². The van der Waals surface area contributed by atoms with E-state index >= 15 is 0 Å². The highest BCUT2D eigenvalue weighted by Crippen LogP contribution is 2.38. The Kier molecular flexibility index (Phi) is 3.70. The van der Waals surface area contributed by atoms with Crippen LogP contribution in [-0.4, -0.2) is 19.4 Å². The molecule has 3 rings (SSSR count). The molecule has 0 amide bonds. The molecular formula is C16H15ClN2O2S. The van der Waals surface area contributed by atoms with Gasteiger partial charge in [0.1, 0.15) is 0 Å². The van der Waals surface area contributed by atoms with Crippen molar-refractivity contribution in [2.75, 3.05) is 4.31 Å². The number of aromatic nitrogens is 1. The van der Waals surface area contributed by atoms with Crippen molar-refractivity contribution in [2.45, 2.75) is 24.3 Å². The van der Waals surface area contributed by atoms with Gasteiger partial charge in [-0.05, 0) is 55.3 Å². The third-order valence-electron chi connectivity index (χ3n) is 3.67. The average Bonchev–Trinajstić information content (AvgIpc) is 2.47. The van der Waals surface area contributed by atoms with Crippen molar-refractivity contribution in [3.63, 3.8) is 0 Å². The lowest BCUT2D eigenvalue weighted by Crippen LogP contribution is -2.41. The number of fused-ring (bicyclic) bond motifs is 1. The van der Waals surface area contributed by atoms with Crippen LogP contribution >= 0.6 is 11.6 Å². The number of rotatable bonds is 2. The van der Waals surface area contributed by atoms with Crippen LogP contribution in [0.5, 0.6) is 0 Å². The fraction of sp³-hybridized carbons (Fsp3) is 0.188. The SMILES string of the molecule is C=C1CC(C)N(S(=O)(=O)c2ccc(Cl)cc2)c2cccnc21. The molecule has 1 aliphatic heterocycles. The van der Waals surface area contributed by atoms with Crippen LogP contribution in [0.4, 0.5) is 5.69 Å². The van der Waals surface area contributed by atoms with Gasteiger partial charge < -0.3 is 0 Å². The Morgan fingerprint density at radius 3 is 2.64 bits per heavy atom. The minimum atomic E-state index is -3.67. The highest BCUT2D eigenvalue weighted by molar-refractivity contribution is 7.92. The molecule has 0 radical (unpaired) electrons. The first kappa shape index (κ1) is 15.1. The van der Waals surface area contributed by atoms with Crippen LogP contribution in [0.1, 0.15) is 19.0 Å². The zero-order valence-electron chi connectivity index (χ0n) is 12.0. The molecule has 0 spiro atoms. The normalized spacial score (nSPS) is 18.2. The molecule has 2 aromatic rings. The lowest BCUT2D eigenvalue weighted by atomic mass is 9.99. The molecule has 114 valence electrons. The van der Waals surface area contributed by atoms with Gasteiger partial charge in [0.2, 0.25) is 0 Å². The summed E-state index contributed by atoms with van der Waals surface area (Å²) in [5.74, 6) is 0. The minimum Gasteiger partial charge on any atom is -0.261 e. The summed E-state index contributed by atoms with van der Waals surface area (Å²) in [5, 5.41) is 0.501. The van der Waals surface area contributed by atoms with E-state index < -0.39 is 10.0 Å². The molecule has 0 aliphatic carbocycles. The Morgan fingerprint density at radius 1 is 1.27 bits per heavy atom. The van der Waals surface area contributed by atoms with Gasteiger partial charge in [-0.1, -0.05) is 18.2 Å². The molecule has 0 saturated carbocycles. The lowest BCUT2D eigenvalue weighted by molar-refractivity contribution is 0.578. The minimum absolute atomic E-state index is 0.214. The Balaban J connectivity index is 2.16. The molecule has 2 heterocycles. The van der Waals surface area contributed by atoms with Crippen molar-refractivity contribution in [1.29, 1.82) is 0 Å². The summed E-state index contributed by atoms with van der Waals surface area (Å²) in [6.45, 7) is 5.87. The van der Waals surface area contributed by atoms with Gasteiger partial charge in [-0.3, -0.25) is 9.29 Å². The summed E-state index contributed by atoms with van der Waals surface area (Å²) in [4.78, 5) is 4.49. The molecule has 0 fully saturated rings. The van der Waals surface area contributed by atoms with Crippen molar-refractivity contribution in [3.8, 4) is 0 Å². The summed E-state index contributed by atoms with van der Waals surface area (Å²) >= 11 is 5.85. The smallest absolute Gasteiger partial charge is 0.261 e. The summed E-state index contributed by atoms with van der Waals surface area (Å²) < 4.78 is 27.4. The quantitative estimate of drug-likeness (QED) is 0.840. The maximum absolute atomic E-state index is 13.0. The lowest BCUT2D eigenvalue weighted by Gasteiger charge is -2.36. The summed E-state index contributed by atoms with van der Waals surface area (Å²) in [6.07, 6.45) is 2.20. The largest absolute Gasteiger partial charge is 0.264 e. The second-order valence-corrected chi connectivity index (χ2v) is 7.53. The van der Waals surface area contributed by atoms with Crippen LogP contribution in [-0.2, 0) is 10.0 Å². The molecule has 0 saturated heterocycles. The van der Waals surface area contributed by atoms with Crippen LogP contribution in [0.3, 0.4) is 0 Å². The first-order chi connectivity index (χ1) is 10.4. The number of nitrogens with zero attached hydrogens (tertiary/aromatic N) is 2. The third-order valence-corrected chi connectivity index (χ3v) is 5.87. The Labute approximate surface area is 135 Å². The van der Waals surface area contributed by atoms with Crippen molar-refractivity contribution < 1.29 is 8.42 Å². The van der Waals surface area contributed by atoms with Crippen LogP contribution in [0.2, 0.25) is 5.02 Å². The second kappa shape index (κ2) is 5.41. The first-order valence-corrected chi connectivity index (χ1v) is 8.66. The van der Waals surface area contributed by atoms with Gasteiger partial charge in [0.25, 0.3) is 10.0 Å². The van der Waals surface area contributed by atoms with E-state index in [0.29, 0.717) is 22.8 Å². The molecule has 1 atom stereocenters. The van der Waals surface area contributed by atoms with Crippen LogP contribution in [0.15, 0.2) is 54.1 Å². The molecule has 4 nitrogen and oxygen atoms in total. The molecular weight excluding hydrogens is 320 g/mol. The highest BCUT2D eigenvalue weighted by atomic mass is 35.5. The molecule has 1 aromatic heterocycles. The van der Waals surface area contributed by atoms with Gasteiger partial charge in [0.15, 0.2) is 0 Å². The number of sulfonamides is 1. The maximum Gasteiger partial charge on any atom is 0.264 e. The summed E-state index contributed by atoms with van der Waals surface area (Å²) in [6, 6.07) is 9.46. The number of hydrogen-bond donors (Lipinski definition) is 0. The zero-order valence-corrected chi connectivity index (χ0v) is 13.6. The predicted molar refractivity (Wildman–Crippen MR) is 88.5 cm³/mol. The maximum atomic E-state index is 13.0. The van der Waals surface area contributed by atoms with Crippen molar-refractivity contribution in [1.82, 2.24) is 4.98 Å². The molecule has 1 unspecified atom stereocenters. The van der Waals surface area contributed by atoms with Crippen LogP contribution < -0.4 is 4.31 Å². The van der Waals surface area contributed by atoms with E-state index in [-0.39, 0.29) is 10.9 Å². The summed E-state index contributed by atoms with van der Waals surface area (Å²) in [5.41, 5.74) is 2.06.